The zero-order valence-corrected chi connectivity index (χ0v) is 9.17. The van der Waals surface area contributed by atoms with E-state index in [2.05, 4.69) is 10.1 Å². The molecule has 1 aromatic heterocycles. The van der Waals surface area contributed by atoms with Crippen LogP contribution in [0.5, 0.6) is 0 Å². The van der Waals surface area contributed by atoms with Gasteiger partial charge in [-0.15, -0.1) is 12.4 Å². The standard InChI is InChI=1S/C8H15N3O2.ClH/c1-8(2,5-12)7-10-6(3-4-9)11-13-7;/h12H,3-5,9H2,1-2H3;1H. The van der Waals surface area contributed by atoms with Crippen molar-refractivity contribution in [3.05, 3.63) is 11.7 Å². The van der Waals surface area contributed by atoms with Gasteiger partial charge in [-0.3, -0.25) is 0 Å². The Balaban J connectivity index is 0.00000169. The molecule has 1 aromatic rings. The van der Waals surface area contributed by atoms with E-state index in [0.29, 0.717) is 24.7 Å². The highest BCUT2D eigenvalue weighted by atomic mass is 35.5. The number of hydrogen-bond acceptors (Lipinski definition) is 5. The minimum Gasteiger partial charge on any atom is -0.395 e. The van der Waals surface area contributed by atoms with Crippen LogP contribution in [0.15, 0.2) is 4.52 Å². The first-order valence-electron chi connectivity index (χ1n) is 4.24. The summed E-state index contributed by atoms with van der Waals surface area (Å²) in [5, 5.41) is 12.8. The van der Waals surface area contributed by atoms with Gasteiger partial charge in [0, 0.05) is 6.42 Å². The fourth-order valence-electron chi connectivity index (χ4n) is 0.827. The molecule has 0 aliphatic heterocycles. The zero-order chi connectivity index (χ0) is 9.90. The Kier molecular flexibility index (Phi) is 5.04. The van der Waals surface area contributed by atoms with Crippen LogP contribution in [0.2, 0.25) is 0 Å². The Hall–Kier alpha value is -0.650. The molecule has 1 rings (SSSR count). The summed E-state index contributed by atoms with van der Waals surface area (Å²) in [6.07, 6.45) is 0.602. The number of nitrogens with two attached hydrogens (primary N) is 1. The Labute approximate surface area is 89.1 Å². The third-order valence-corrected chi connectivity index (χ3v) is 1.81. The summed E-state index contributed by atoms with van der Waals surface area (Å²) in [6.45, 7) is 4.16. The second-order valence-electron chi connectivity index (χ2n) is 3.60. The van der Waals surface area contributed by atoms with Gasteiger partial charge in [0.1, 0.15) is 0 Å². The zero-order valence-electron chi connectivity index (χ0n) is 8.36. The molecule has 1 heterocycles. The maximum absolute atomic E-state index is 9.03. The molecule has 82 valence electrons. The van der Waals surface area contributed by atoms with Crippen molar-refractivity contribution in [2.45, 2.75) is 25.7 Å². The summed E-state index contributed by atoms with van der Waals surface area (Å²) in [7, 11) is 0. The van der Waals surface area contributed by atoms with Crippen molar-refractivity contribution in [3.8, 4) is 0 Å². The summed E-state index contributed by atoms with van der Waals surface area (Å²) < 4.78 is 5.00. The van der Waals surface area contributed by atoms with Gasteiger partial charge >= 0.3 is 0 Å². The van der Waals surface area contributed by atoms with Gasteiger partial charge < -0.3 is 15.4 Å². The minimum absolute atomic E-state index is 0. The molecule has 0 bridgehead atoms. The van der Waals surface area contributed by atoms with Crippen LogP contribution in [0, 0.1) is 0 Å². The summed E-state index contributed by atoms with van der Waals surface area (Å²) in [6, 6.07) is 0. The molecular weight excluding hydrogens is 206 g/mol. The predicted octanol–water partition coefficient (Wildman–Crippen LogP) is 0.263. The highest BCUT2D eigenvalue weighted by Crippen LogP contribution is 2.19. The average molecular weight is 222 g/mol. The number of rotatable bonds is 4. The molecule has 0 aromatic carbocycles. The lowest BCUT2D eigenvalue weighted by Crippen LogP contribution is -2.22. The summed E-state index contributed by atoms with van der Waals surface area (Å²) in [5.41, 5.74) is 4.87. The van der Waals surface area contributed by atoms with Gasteiger partial charge in [-0.05, 0) is 20.4 Å². The molecule has 0 radical (unpaired) electrons. The van der Waals surface area contributed by atoms with Gasteiger partial charge in [0.15, 0.2) is 5.82 Å². The first-order chi connectivity index (χ1) is 6.10. The number of aliphatic hydroxyl groups excluding tert-OH is 1. The van der Waals surface area contributed by atoms with Crippen LogP contribution in [0.1, 0.15) is 25.6 Å². The maximum Gasteiger partial charge on any atom is 0.234 e. The Morgan fingerprint density at radius 3 is 2.64 bits per heavy atom. The number of halogens is 1. The van der Waals surface area contributed by atoms with Gasteiger partial charge in [0.25, 0.3) is 0 Å². The Morgan fingerprint density at radius 1 is 1.50 bits per heavy atom. The molecule has 0 aliphatic rings. The third-order valence-electron chi connectivity index (χ3n) is 1.81. The van der Waals surface area contributed by atoms with Crippen molar-refractivity contribution in [1.82, 2.24) is 10.1 Å². The molecule has 3 N–H and O–H groups in total. The highest BCUT2D eigenvalue weighted by Gasteiger charge is 2.26. The van der Waals surface area contributed by atoms with Crippen molar-refractivity contribution >= 4 is 12.4 Å². The Morgan fingerprint density at radius 2 is 2.14 bits per heavy atom. The summed E-state index contributed by atoms with van der Waals surface area (Å²) in [5.74, 6) is 1.05. The quantitative estimate of drug-likeness (QED) is 0.762. The molecule has 0 spiro atoms. The lowest BCUT2D eigenvalue weighted by Gasteiger charge is -2.14. The number of nitrogens with zero attached hydrogens (tertiary/aromatic N) is 2. The van der Waals surface area contributed by atoms with Gasteiger partial charge in [-0.1, -0.05) is 5.16 Å². The number of hydrogen-bond donors (Lipinski definition) is 2. The molecule has 0 aliphatic carbocycles. The van der Waals surface area contributed by atoms with Gasteiger partial charge in [-0.2, -0.15) is 4.98 Å². The molecule has 0 unspecified atom stereocenters. The van der Waals surface area contributed by atoms with Crippen LogP contribution in [-0.4, -0.2) is 28.4 Å². The number of aliphatic hydroxyl groups is 1. The highest BCUT2D eigenvalue weighted by molar-refractivity contribution is 5.85. The van der Waals surface area contributed by atoms with Gasteiger partial charge in [-0.25, -0.2) is 0 Å². The second-order valence-corrected chi connectivity index (χ2v) is 3.60. The topological polar surface area (TPSA) is 85.2 Å². The monoisotopic (exact) mass is 221 g/mol. The van der Waals surface area contributed by atoms with Crippen molar-refractivity contribution in [3.63, 3.8) is 0 Å². The normalized spacial score (nSPS) is 11.1. The molecule has 0 saturated heterocycles. The van der Waals surface area contributed by atoms with Crippen molar-refractivity contribution in [1.29, 1.82) is 0 Å². The van der Waals surface area contributed by atoms with E-state index in [1.807, 2.05) is 13.8 Å². The maximum atomic E-state index is 9.03. The summed E-state index contributed by atoms with van der Waals surface area (Å²) >= 11 is 0. The van der Waals surface area contributed by atoms with E-state index in [0.717, 1.165) is 0 Å². The van der Waals surface area contributed by atoms with Crippen LogP contribution >= 0.6 is 12.4 Å². The lowest BCUT2D eigenvalue weighted by atomic mass is 9.95. The van der Waals surface area contributed by atoms with Crippen molar-refractivity contribution in [2.24, 2.45) is 5.73 Å². The molecule has 0 fully saturated rings. The average Bonchev–Trinajstić information content (AvgIpc) is 2.54. The SMILES string of the molecule is CC(C)(CO)c1nc(CCN)no1.Cl. The van der Waals surface area contributed by atoms with E-state index < -0.39 is 5.41 Å². The van der Waals surface area contributed by atoms with Crippen molar-refractivity contribution in [2.75, 3.05) is 13.2 Å². The molecule has 14 heavy (non-hydrogen) atoms. The van der Waals surface area contributed by atoms with E-state index in [1.165, 1.54) is 0 Å². The number of aromatic nitrogens is 2. The van der Waals surface area contributed by atoms with Gasteiger partial charge in [0.2, 0.25) is 5.89 Å². The largest absolute Gasteiger partial charge is 0.395 e. The molecule has 0 amide bonds. The smallest absolute Gasteiger partial charge is 0.234 e. The summed E-state index contributed by atoms with van der Waals surface area (Å²) in [4.78, 5) is 4.12. The van der Waals surface area contributed by atoms with Crippen molar-refractivity contribution < 1.29 is 9.63 Å². The lowest BCUT2D eigenvalue weighted by molar-refractivity contribution is 0.182. The molecule has 0 saturated carbocycles. The van der Waals surface area contributed by atoms with E-state index >= 15 is 0 Å². The van der Waals surface area contributed by atoms with Crippen LogP contribution in [0.4, 0.5) is 0 Å². The fraction of sp³-hybridized carbons (Fsp3) is 0.750. The molecular formula is C8H16ClN3O2. The molecule has 6 heteroatoms. The third kappa shape index (κ3) is 2.94. The van der Waals surface area contributed by atoms with Crippen LogP contribution in [0.25, 0.3) is 0 Å². The van der Waals surface area contributed by atoms with Crippen LogP contribution < -0.4 is 5.73 Å². The molecule has 5 nitrogen and oxygen atoms in total. The second kappa shape index (κ2) is 5.29. The minimum atomic E-state index is -0.472. The predicted molar refractivity (Wildman–Crippen MR) is 54.4 cm³/mol. The first-order valence-corrected chi connectivity index (χ1v) is 4.24. The van der Waals surface area contributed by atoms with Crippen LogP contribution in [0.3, 0.4) is 0 Å². The van der Waals surface area contributed by atoms with E-state index in [9.17, 15) is 0 Å². The van der Waals surface area contributed by atoms with E-state index in [-0.39, 0.29) is 19.0 Å². The van der Waals surface area contributed by atoms with Crippen LogP contribution in [-0.2, 0) is 11.8 Å². The Bertz CT molecular complexity index is 275. The first kappa shape index (κ1) is 13.4. The van der Waals surface area contributed by atoms with E-state index in [4.69, 9.17) is 15.4 Å². The van der Waals surface area contributed by atoms with E-state index in [1.54, 1.807) is 0 Å². The van der Waals surface area contributed by atoms with Gasteiger partial charge in [0.05, 0.1) is 12.0 Å². The molecule has 0 atom stereocenters. The fourth-order valence-corrected chi connectivity index (χ4v) is 0.827.